The van der Waals surface area contributed by atoms with Crippen LogP contribution >= 0.6 is 0 Å². The Morgan fingerprint density at radius 2 is 0.955 bits per heavy atom. The van der Waals surface area contributed by atoms with Crippen LogP contribution in [0.2, 0.25) is 54.4 Å². The molecule has 3 aliphatic heterocycles. The number of aliphatic hydroxyl groups is 1. The Morgan fingerprint density at radius 1 is 0.567 bits per heavy atom. The standard InChI is InChI=1S/C51H83NO12Si3/c1-33-34(2)46(55)52(45(33)54)39-42(40(53)37(59-47(39)56-12)31-57-29-35-25-21-19-22-26-35)61-48-44(64-67(17,18)51(9,10)11)43(63-66(15,16)50(6,7)8)41(62-65(13,14)49(3,4)5)38(60-48)32-58-30-36-27-23-20-24-28-36/h19-28,37-44,47-48,53H,29-32H2,1-18H3/t37-,38-,39-,40-,41-,42-,43+,44-,47-,48+/m1/s1. The number of nitrogens with zero attached hydrogens (tertiary/aromatic N) is 1. The summed E-state index contributed by atoms with van der Waals surface area (Å²) in [6, 6.07) is 18.4. The number of imide groups is 1. The van der Waals surface area contributed by atoms with Gasteiger partial charge in [0.05, 0.1) is 26.4 Å². The molecule has 2 fully saturated rings. The number of hydrogen-bond acceptors (Lipinski definition) is 12. The third-order valence-electron chi connectivity index (χ3n) is 15.2. The average Bonchev–Trinajstić information content (AvgIpc) is 3.41. The Balaban J connectivity index is 1.69. The van der Waals surface area contributed by atoms with E-state index < -0.39 is 98.1 Å². The first kappa shape index (κ1) is 55.5. The molecule has 1 N–H and O–H groups in total. The Kier molecular flexibility index (Phi) is 17.8. The van der Waals surface area contributed by atoms with Crippen LogP contribution in [-0.2, 0) is 64.5 Å². The van der Waals surface area contributed by atoms with Gasteiger partial charge in [-0.1, -0.05) is 123 Å². The summed E-state index contributed by atoms with van der Waals surface area (Å²) in [5, 5.41) is 12.0. The lowest BCUT2D eigenvalue weighted by Crippen LogP contribution is -2.71. The van der Waals surface area contributed by atoms with Crippen molar-refractivity contribution in [3.8, 4) is 0 Å². The summed E-state index contributed by atoms with van der Waals surface area (Å²) in [4.78, 5) is 29.4. The number of amides is 2. The van der Waals surface area contributed by atoms with Crippen molar-refractivity contribution in [1.29, 1.82) is 0 Å². The summed E-state index contributed by atoms with van der Waals surface area (Å²) in [6.07, 6.45) is -9.29. The van der Waals surface area contributed by atoms with Gasteiger partial charge >= 0.3 is 0 Å². The zero-order chi connectivity index (χ0) is 50.1. The first-order valence-corrected chi connectivity index (χ1v) is 32.6. The molecule has 16 heteroatoms. The van der Waals surface area contributed by atoms with E-state index in [1.807, 2.05) is 60.7 Å². The zero-order valence-corrected chi connectivity index (χ0v) is 46.8. The first-order chi connectivity index (χ1) is 30.9. The molecule has 0 unspecified atom stereocenters. The van der Waals surface area contributed by atoms with Crippen LogP contribution in [0.1, 0.15) is 87.3 Å². The number of hydrogen-bond donors (Lipinski definition) is 1. The molecule has 3 heterocycles. The van der Waals surface area contributed by atoms with Crippen molar-refractivity contribution in [2.24, 2.45) is 0 Å². The second-order valence-corrected chi connectivity index (χ2v) is 37.4. The number of ether oxygens (including phenoxy) is 6. The molecule has 2 amide bonds. The fourth-order valence-corrected chi connectivity index (χ4v) is 11.6. The fourth-order valence-electron chi connectivity index (χ4n) is 7.67. The minimum atomic E-state index is -2.72. The molecule has 0 radical (unpaired) electrons. The van der Waals surface area contributed by atoms with Crippen LogP contribution < -0.4 is 0 Å². The number of aliphatic hydroxyl groups excluding tert-OH is 1. The average molecular weight is 986 g/mol. The van der Waals surface area contributed by atoms with Crippen molar-refractivity contribution in [3.63, 3.8) is 0 Å². The summed E-state index contributed by atoms with van der Waals surface area (Å²) in [5.74, 6) is -1.05. The summed E-state index contributed by atoms with van der Waals surface area (Å²) in [7, 11) is -6.51. The topological polar surface area (TPSA) is 141 Å². The van der Waals surface area contributed by atoms with Crippen LogP contribution in [0.15, 0.2) is 71.8 Å². The number of rotatable bonds is 18. The van der Waals surface area contributed by atoms with Crippen LogP contribution in [0.3, 0.4) is 0 Å². The lowest BCUT2D eigenvalue weighted by Gasteiger charge is -2.55. The molecular weight excluding hydrogens is 903 g/mol. The molecule has 0 aliphatic carbocycles. The van der Waals surface area contributed by atoms with Crippen LogP contribution in [0.4, 0.5) is 0 Å². The molecule has 13 nitrogen and oxygen atoms in total. The van der Waals surface area contributed by atoms with Crippen molar-refractivity contribution in [2.45, 2.75) is 205 Å². The maximum Gasteiger partial charge on any atom is 0.257 e. The number of benzene rings is 2. The summed E-state index contributed by atoms with van der Waals surface area (Å²) >= 11 is 0. The highest BCUT2D eigenvalue weighted by atomic mass is 28.4. The normalized spacial score (nSPS) is 28.4. The quantitative estimate of drug-likeness (QED) is 0.112. The van der Waals surface area contributed by atoms with E-state index >= 15 is 0 Å². The molecule has 2 aromatic rings. The van der Waals surface area contributed by atoms with Crippen molar-refractivity contribution in [1.82, 2.24) is 4.90 Å². The van der Waals surface area contributed by atoms with Crippen molar-refractivity contribution >= 4 is 36.8 Å². The molecular formula is C51H83NO12Si3. The molecule has 10 atom stereocenters. The van der Waals surface area contributed by atoms with E-state index in [4.69, 9.17) is 41.7 Å². The lowest BCUT2D eigenvalue weighted by molar-refractivity contribution is -0.345. The Labute approximate surface area is 404 Å². The van der Waals surface area contributed by atoms with Gasteiger partial charge in [-0.25, -0.2) is 0 Å². The second-order valence-electron chi connectivity index (χ2n) is 23.2. The van der Waals surface area contributed by atoms with Gasteiger partial charge in [0.2, 0.25) is 0 Å². The highest BCUT2D eigenvalue weighted by Gasteiger charge is 2.60. The third-order valence-corrected chi connectivity index (χ3v) is 28.6. The highest BCUT2D eigenvalue weighted by molar-refractivity contribution is 6.75. The molecule has 0 bridgehead atoms. The van der Waals surface area contributed by atoms with Gasteiger partial charge in [0.25, 0.3) is 11.8 Å². The minimum Gasteiger partial charge on any atom is -0.408 e. The maximum atomic E-state index is 14.1. The van der Waals surface area contributed by atoms with Gasteiger partial charge in [0, 0.05) is 18.3 Å². The van der Waals surface area contributed by atoms with E-state index in [1.54, 1.807) is 13.8 Å². The van der Waals surface area contributed by atoms with Crippen molar-refractivity contribution in [3.05, 3.63) is 82.9 Å². The largest absolute Gasteiger partial charge is 0.408 e. The molecule has 67 heavy (non-hydrogen) atoms. The lowest BCUT2D eigenvalue weighted by atomic mass is 9.94. The maximum absolute atomic E-state index is 14.1. The predicted molar refractivity (Wildman–Crippen MR) is 268 cm³/mol. The van der Waals surface area contributed by atoms with E-state index in [9.17, 15) is 14.7 Å². The molecule has 376 valence electrons. The Morgan fingerprint density at radius 3 is 1.37 bits per heavy atom. The van der Waals surface area contributed by atoms with Crippen LogP contribution in [-0.4, -0.2) is 128 Å². The number of carbonyl (C=O) groups excluding carboxylic acids is 2. The van der Waals surface area contributed by atoms with Gasteiger partial charge in [-0.2, -0.15) is 0 Å². The van der Waals surface area contributed by atoms with Crippen molar-refractivity contribution in [2.75, 3.05) is 20.3 Å². The third kappa shape index (κ3) is 12.7. The van der Waals surface area contributed by atoms with E-state index in [2.05, 4.69) is 102 Å². The van der Waals surface area contributed by atoms with Crippen LogP contribution in [0.5, 0.6) is 0 Å². The van der Waals surface area contributed by atoms with Gasteiger partial charge in [-0.05, 0) is 79.4 Å². The number of methoxy groups -OCH3 is 1. The summed E-state index contributed by atoms with van der Waals surface area (Å²) < 4.78 is 62.4. The molecule has 0 saturated carbocycles. The Hall–Kier alpha value is -2.43. The Bertz CT molecular complexity index is 1970. The molecule has 3 aliphatic rings. The zero-order valence-electron chi connectivity index (χ0n) is 43.8. The summed E-state index contributed by atoms with van der Waals surface area (Å²) in [6.45, 7) is 36.9. The van der Waals surface area contributed by atoms with Crippen molar-refractivity contribution < 1.29 is 56.4 Å². The number of carbonyl (C=O) groups is 2. The van der Waals surface area contributed by atoms with Gasteiger partial charge < -0.3 is 46.8 Å². The van der Waals surface area contributed by atoms with Crippen LogP contribution in [0.25, 0.3) is 0 Å². The van der Waals surface area contributed by atoms with Crippen LogP contribution in [0, 0.1) is 0 Å². The fraction of sp³-hybridized carbons (Fsp3) is 0.686. The highest BCUT2D eigenvalue weighted by Crippen LogP contribution is 2.47. The van der Waals surface area contributed by atoms with Gasteiger partial charge in [-0.3, -0.25) is 14.5 Å². The first-order valence-electron chi connectivity index (χ1n) is 23.9. The SMILES string of the molecule is CO[C@@H]1O[C@H](COCc2ccccc2)[C@@H](O)[C@H](O[C@@H]2O[C@H](COCc3ccccc3)[C@@H](O[Si](C)(C)C(C)(C)C)[C@H](O[Si](C)(C)C(C)(C)C)[C@H]2O[Si](C)(C)C(C)(C)C)[C@H]1N1C(=O)C(C)=C(C)C1=O. The monoisotopic (exact) mass is 986 g/mol. The van der Waals surface area contributed by atoms with E-state index in [-0.39, 0.29) is 34.9 Å². The molecule has 2 saturated heterocycles. The predicted octanol–water partition coefficient (Wildman–Crippen LogP) is 9.51. The van der Waals surface area contributed by atoms with E-state index in [0.717, 1.165) is 16.0 Å². The second kappa shape index (κ2) is 21.5. The summed E-state index contributed by atoms with van der Waals surface area (Å²) in [5.41, 5.74) is 2.52. The van der Waals surface area contributed by atoms with E-state index in [1.165, 1.54) is 7.11 Å². The van der Waals surface area contributed by atoms with Gasteiger partial charge in [0.15, 0.2) is 37.5 Å². The van der Waals surface area contributed by atoms with Gasteiger partial charge in [0.1, 0.15) is 48.8 Å². The molecule has 0 aromatic heterocycles. The molecule has 0 spiro atoms. The molecule has 2 aromatic carbocycles. The molecule has 5 rings (SSSR count). The minimum absolute atomic E-state index is 0.0500. The smallest absolute Gasteiger partial charge is 0.257 e. The van der Waals surface area contributed by atoms with Gasteiger partial charge in [-0.15, -0.1) is 0 Å². The van der Waals surface area contributed by atoms with E-state index in [0.29, 0.717) is 17.8 Å².